The predicted octanol–water partition coefficient (Wildman–Crippen LogP) is 1.50. The molecule has 0 radical (unpaired) electrons. The lowest BCUT2D eigenvalue weighted by molar-refractivity contribution is -0.367. The third-order valence-electron chi connectivity index (χ3n) is 3.70. The minimum atomic E-state index is -4.49. The first kappa shape index (κ1) is 24.0. The monoisotopic (exact) mass is 416 g/mol. The molecule has 1 heterocycles. The number of allylic oxidation sites excluding steroid dienone is 2. The first-order valence-corrected chi connectivity index (χ1v) is 8.69. The predicted molar refractivity (Wildman–Crippen MR) is 99.6 cm³/mol. The summed E-state index contributed by atoms with van der Waals surface area (Å²) < 4.78 is 41.1. The van der Waals surface area contributed by atoms with Crippen molar-refractivity contribution >= 4 is 17.6 Å². The highest BCUT2D eigenvalue weighted by Crippen LogP contribution is 2.17. The molecule has 0 saturated carbocycles. The van der Waals surface area contributed by atoms with E-state index in [-0.39, 0.29) is 23.1 Å². The van der Waals surface area contributed by atoms with Gasteiger partial charge in [0.05, 0.1) is 17.3 Å². The zero-order chi connectivity index (χ0) is 22.2. The van der Waals surface area contributed by atoms with Crippen molar-refractivity contribution in [2.24, 2.45) is 5.73 Å². The summed E-state index contributed by atoms with van der Waals surface area (Å²) in [5, 5.41) is 5.27. The van der Waals surface area contributed by atoms with E-state index in [4.69, 9.17) is 5.73 Å². The summed E-state index contributed by atoms with van der Waals surface area (Å²) in [6.45, 7) is 3.35. The number of aromatic nitrogens is 1. The van der Waals surface area contributed by atoms with E-state index in [1.807, 2.05) is 0 Å². The molecule has 1 rings (SSSR count). The van der Waals surface area contributed by atoms with Crippen molar-refractivity contribution in [1.82, 2.24) is 10.3 Å². The Bertz CT molecular complexity index is 806. The number of alkyl halides is 3. The van der Waals surface area contributed by atoms with Gasteiger partial charge in [0.2, 0.25) is 5.91 Å². The minimum absolute atomic E-state index is 0.183. The number of carbonyl (C=O) groups is 2. The van der Waals surface area contributed by atoms with E-state index in [1.165, 1.54) is 19.2 Å². The zero-order valence-corrected chi connectivity index (χ0v) is 16.4. The third-order valence-corrected chi connectivity index (χ3v) is 3.70. The van der Waals surface area contributed by atoms with E-state index in [0.717, 1.165) is 0 Å². The lowest BCUT2D eigenvalue weighted by atomic mass is 10.1. The number of nitrogens with zero attached hydrogens (tertiary/aromatic N) is 1. The number of rotatable bonds is 8. The van der Waals surface area contributed by atoms with Gasteiger partial charge in [-0.25, -0.2) is 4.98 Å². The van der Waals surface area contributed by atoms with Gasteiger partial charge in [-0.3, -0.25) is 15.3 Å². The molecular weight excluding hydrogens is 391 g/mol. The molecule has 0 aliphatic rings. The molecule has 0 spiro atoms. The second kappa shape index (κ2) is 10.5. The molecule has 0 saturated heterocycles. The van der Waals surface area contributed by atoms with E-state index in [9.17, 15) is 22.8 Å². The highest BCUT2D eigenvalue weighted by atomic mass is 19.4. The van der Waals surface area contributed by atoms with Gasteiger partial charge in [-0.2, -0.15) is 13.2 Å². The topological polar surface area (TPSA) is 134 Å². The van der Waals surface area contributed by atoms with E-state index in [0.29, 0.717) is 17.8 Å². The van der Waals surface area contributed by atoms with Gasteiger partial charge in [0.15, 0.2) is 6.61 Å². The van der Waals surface area contributed by atoms with Gasteiger partial charge < -0.3 is 21.1 Å². The maximum Gasteiger partial charge on any atom is 0.422 e. The number of hydrogen-bond donors (Lipinski definition) is 4. The standard InChI is InChI=1S/C18H24F3N5O3/c1-4-15(27)26-14-8-12(5-6-24-14)11(3)25-17(28)13(22)7-10(2)16(23)29-9-18(19,20)21/h5-8,11H,4,9,22-23H2,1-3H3,(H,25,28)(H,24,26,27)/p+1/b13-7-,16-10+. The average Bonchev–Trinajstić information content (AvgIpc) is 2.65. The van der Waals surface area contributed by atoms with E-state index in [1.54, 1.807) is 26.0 Å². The van der Waals surface area contributed by atoms with Crippen LogP contribution >= 0.6 is 0 Å². The molecule has 0 bridgehead atoms. The molecule has 0 aliphatic heterocycles. The van der Waals surface area contributed by atoms with Gasteiger partial charge in [0, 0.05) is 12.6 Å². The Morgan fingerprint density at radius 3 is 2.66 bits per heavy atom. The van der Waals surface area contributed by atoms with Crippen LogP contribution in [0.3, 0.4) is 0 Å². The Labute approximate surface area is 166 Å². The molecule has 0 aliphatic carbocycles. The van der Waals surface area contributed by atoms with E-state index < -0.39 is 24.7 Å². The molecule has 1 atom stereocenters. The van der Waals surface area contributed by atoms with Crippen LogP contribution in [-0.2, 0) is 14.3 Å². The molecular formula is C18H25F3N5O3+. The highest BCUT2D eigenvalue weighted by molar-refractivity contribution is 5.93. The van der Waals surface area contributed by atoms with Crippen molar-refractivity contribution in [1.29, 1.82) is 0 Å². The molecule has 1 unspecified atom stereocenters. The van der Waals surface area contributed by atoms with Crippen LogP contribution in [0.1, 0.15) is 38.8 Å². The van der Waals surface area contributed by atoms with Crippen molar-refractivity contribution < 1.29 is 33.2 Å². The van der Waals surface area contributed by atoms with Crippen LogP contribution in [0.25, 0.3) is 0 Å². The Morgan fingerprint density at radius 1 is 1.41 bits per heavy atom. The molecule has 8 nitrogen and oxygen atoms in total. The Morgan fingerprint density at radius 2 is 2.07 bits per heavy atom. The van der Waals surface area contributed by atoms with E-state index in [2.05, 4.69) is 26.1 Å². The van der Waals surface area contributed by atoms with Crippen molar-refractivity contribution in [3.8, 4) is 0 Å². The van der Waals surface area contributed by atoms with Crippen LogP contribution in [0, 0.1) is 0 Å². The minimum Gasteiger partial charge on any atom is -0.442 e. The Balaban J connectivity index is 2.80. The van der Waals surface area contributed by atoms with Gasteiger partial charge in [-0.1, -0.05) is 6.92 Å². The highest BCUT2D eigenvalue weighted by Gasteiger charge is 2.29. The van der Waals surface area contributed by atoms with Gasteiger partial charge in [-0.05, 0) is 37.6 Å². The number of amides is 2. The summed E-state index contributed by atoms with van der Waals surface area (Å²) in [7, 11) is 0. The summed E-state index contributed by atoms with van der Waals surface area (Å²) in [6, 6.07) is 2.80. The van der Waals surface area contributed by atoms with Crippen LogP contribution < -0.4 is 22.1 Å². The summed E-state index contributed by atoms with van der Waals surface area (Å²) in [6.07, 6.45) is -1.53. The number of nitrogens with two attached hydrogens (primary N) is 1. The fourth-order valence-corrected chi connectivity index (χ4v) is 2.04. The zero-order valence-electron chi connectivity index (χ0n) is 16.4. The third kappa shape index (κ3) is 8.64. The van der Waals surface area contributed by atoms with Crippen molar-refractivity contribution in [3.05, 3.63) is 47.1 Å². The summed E-state index contributed by atoms with van der Waals surface area (Å²) in [5.41, 5.74) is 9.74. The SMILES string of the molecule is CCC(=O)Nc1cc(C(C)NC(=O)/C(N)=C/C(C)=C(\[NH3+])OCC(F)(F)F)ccn1. The number of ether oxygens (including phenoxy) is 1. The number of pyridine rings is 1. The summed E-state index contributed by atoms with van der Waals surface area (Å²) >= 11 is 0. The molecule has 0 aromatic carbocycles. The van der Waals surface area contributed by atoms with Crippen LogP contribution in [-0.4, -0.2) is 29.6 Å². The van der Waals surface area contributed by atoms with Gasteiger partial charge in [-0.15, -0.1) is 0 Å². The second-order valence-corrected chi connectivity index (χ2v) is 6.18. The smallest absolute Gasteiger partial charge is 0.422 e. The molecule has 1 aromatic heterocycles. The first-order chi connectivity index (χ1) is 13.4. The lowest BCUT2D eigenvalue weighted by Gasteiger charge is -2.15. The molecule has 160 valence electrons. The molecule has 0 fully saturated rings. The maximum atomic E-state index is 12.3. The van der Waals surface area contributed by atoms with Crippen LogP contribution in [0.2, 0.25) is 0 Å². The Hall–Kier alpha value is -3.08. The summed E-state index contributed by atoms with van der Waals surface area (Å²) in [4.78, 5) is 27.7. The average molecular weight is 416 g/mol. The van der Waals surface area contributed by atoms with Crippen LogP contribution in [0.4, 0.5) is 19.0 Å². The number of anilines is 1. The Kier molecular flexibility index (Phi) is 8.64. The number of halogens is 3. The van der Waals surface area contributed by atoms with Gasteiger partial charge in [0.1, 0.15) is 5.82 Å². The fraction of sp³-hybridized carbons (Fsp3) is 0.389. The number of hydrogen-bond acceptors (Lipinski definition) is 5. The fourth-order valence-electron chi connectivity index (χ4n) is 2.04. The molecule has 1 aromatic rings. The number of carbonyl (C=O) groups excluding carboxylic acids is 2. The molecule has 7 N–H and O–H groups in total. The van der Waals surface area contributed by atoms with Crippen molar-refractivity contribution in [3.63, 3.8) is 0 Å². The number of quaternary nitrogens is 1. The quantitative estimate of drug-likeness (QED) is 0.289. The lowest BCUT2D eigenvalue weighted by Crippen LogP contribution is -2.50. The van der Waals surface area contributed by atoms with Crippen molar-refractivity contribution in [2.45, 2.75) is 39.4 Å². The van der Waals surface area contributed by atoms with Crippen LogP contribution in [0.15, 0.2) is 41.6 Å². The largest absolute Gasteiger partial charge is 0.442 e. The van der Waals surface area contributed by atoms with Crippen molar-refractivity contribution in [2.75, 3.05) is 11.9 Å². The van der Waals surface area contributed by atoms with Gasteiger partial charge >= 0.3 is 6.18 Å². The molecule has 11 heteroatoms. The summed E-state index contributed by atoms with van der Waals surface area (Å²) in [5.74, 6) is -0.716. The second-order valence-electron chi connectivity index (χ2n) is 6.18. The molecule has 29 heavy (non-hydrogen) atoms. The first-order valence-electron chi connectivity index (χ1n) is 8.69. The van der Waals surface area contributed by atoms with Crippen LogP contribution in [0.5, 0.6) is 0 Å². The van der Waals surface area contributed by atoms with Gasteiger partial charge in [0.25, 0.3) is 11.8 Å². The number of nitrogens with one attached hydrogen (secondary N) is 2. The normalized spacial score (nSPS) is 14.0. The van der Waals surface area contributed by atoms with E-state index >= 15 is 0 Å². The maximum absolute atomic E-state index is 12.3. The molecule has 2 amide bonds.